The van der Waals surface area contributed by atoms with Crippen LogP contribution in [0, 0.1) is 0 Å². The first kappa shape index (κ1) is 14.4. The Bertz CT molecular complexity index is 1340. The molecule has 0 saturated carbocycles. The summed E-state index contributed by atoms with van der Waals surface area (Å²) in [6.07, 6.45) is 0. The number of fused-ring (bicyclic) bond motifs is 6. The smallest absolute Gasteiger partial charge is 0.135 e. The van der Waals surface area contributed by atoms with Crippen molar-refractivity contribution in [2.24, 2.45) is 0 Å². The van der Waals surface area contributed by atoms with Gasteiger partial charge in [0.05, 0.1) is 0 Å². The average Bonchev–Trinajstić information content (AvgIpc) is 3.26. The Kier molecular flexibility index (Phi) is 2.88. The van der Waals surface area contributed by atoms with Crippen molar-refractivity contribution in [1.29, 1.82) is 0 Å². The van der Waals surface area contributed by atoms with E-state index in [2.05, 4.69) is 71.0 Å². The maximum atomic E-state index is 5.92. The molecule has 2 aromatic heterocycles. The molecule has 4 aromatic carbocycles. The highest BCUT2D eigenvalue weighted by Gasteiger charge is 2.08. The molecule has 0 aliphatic carbocycles. The summed E-state index contributed by atoms with van der Waals surface area (Å²) in [6, 6.07) is 29.2. The Morgan fingerprint density at radius 2 is 1.22 bits per heavy atom. The van der Waals surface area contributed by atoms with Gasteiger partial charge in [-0.3, -0.25) is 0 Å². The van der Waals surface area contributed by atoms with E-state index < -0.39 is 0 Å². The quantitative estimate of drug-likeness (QED) is 0.355. The molecular weight excluding hydrogens is 332 g/mol. The second-order valence-electron chi connectivity index (χ2n) is 6.87. The van der Waals surface area contributed by atoms with Crippen LogP contribution in [-0.2, 0) is 0 Å². The maximum Gasteiger partial charge on any atom is 0.135 e. The van der Waals surface area contributed by atoms with Gasteiger partial charge in [0.25, 0.3) is 0 Å². The van der Waals surface area contributed by atoms with E-state index in [1.54, 1.807) is 0 Å². The zero-order valence-electron chi connectivity index (χ0n) is 14.5. The third kappa shape index (κ3) is 2.22. The van der Waals surface area contributed by atoms with E-state index in [0.29, 0.717) is 0 Å². The Balaban J connectivity index is 1.46. The van der Waals surface area contributed by atoms with E-state index in [1.165, 1.54) is 10.8 Å². The molecule has 0 saturated heterocycles. The van der Waals surface area contributed by atoms with Gasteiger partial charge in [-0.1, -0.05) is 36.4 Å². The molecule has 0 spiro atoms. The fourth-order valence-electron chi connectivity index (χ4n) is 3.90. The molecule has 0 amide bonds. The number of nitrogens with one attached hydrogen (secondary N) is 2. The molecule has 2 N–H and O–H groups in total. The number of hydrogen-bond acceptors (Lipinski definition) is 2. The Hall–Kier alpha value is -3.72. The number of aromatic nitrogens is 1. The summed E-state index contributed by atoms with van der Waals surface area (Å²) in [5.41, 5.74) is 6.26. The summed E-state index contributed by atoms with van der Waals surface area (Å²) in [4.78, 5) is 3.47. The number of para-hydroxylation sites is 2. The first-order valence-corrected chi connectivity index (χ1v) is 9.04. The number of rotatable bonds is 2. The van der Waals surface area contributed by atoms with Crippen LogP contribution >= 0.6 is 0 Å². The van der Waals surface area contributed by atoms with Crippen molar-refractivity contribution in [3.05, 3.63) is 84.9 Å². The van der Waals surface area contributed by atoms with E-state index >= 15 is 0 Å². The molecule has 0 aliphatic heterocycles. The van der Waals surface area contributed by atoms with E-state index in [1.807, 2.05) is 24.3 Å². The van der Waals surface area contributed by atoms with Crippen LogP contribution in [0.5, 0.6) is 0 Å². The van der Waals surface area contributed by atoms with Gasteiger partial charge < -0.3 is 14.7 Å². The molecule has 0 fully saturated rings. The average molecular weight is 348 g/mol. The second-order valence-corrected chi connectivity index (χ2v) is 6.87. The molecule has 0 aliphatic rings. The molecule has 2 heterocycles. The van der Waals surface area contributed by atoms with Crippen LogP contribution < -0.4 is 5.32 Å². The van der Waals surface area contributed by atoms with Crippen LogP contribution in [-0.4, -0.2) is 4.98 Å². The SMILES string of the molecule is c1ccc2c(c1)[nH]c1ccc(Nc3ccc4oc5ccccc5c4c3)cc12. The van der Waals surface area contributed by atoms with Crippen LogP contribution in [0.1, 0.15) is 0 Å². The predicted molar refractivity (Wildman–Crippen MR) is 113 cm³/mol. The lowest BCUT2D eigenvalue weighted by Gasteiger charge is -2.07. The number of H-pyrrole nitrogens is 1. The number of hydrogen-bond donors (Lipinski definition) is 2. The van der Waals surface area contributed by atoms with E-state index in [9.17, 15) is 0 Å². The highest BCUT2D eigenvalue weighted by atomic mass is 16.3. The van der Waals surface area contributed by atoms with Crippen molar-refractivity contribution in [1.82, 2.24) is 4.98 Å². The van der Waals surface area contributed by atoms with Gasteiger partial charge in [0.15, 0.2) is 0 Å². The molecule has 27 heavy (non-hydrogen) atoms. The van der Waals surface area contributed by atoms with Crippen molar-refractivity contribution in [2.75, 3.05) is 5.32 Å². The minimum atomic E-state index is 0.911. The minimum Gasteiger partial charge on any atom is -0.456 e. The largest absolute Gasteiger partial charge is 0.456 e. The standard InChI is InChI=1S/C24H16N2O/c1-3-7-21-17(5-1)19-13-15(9-11-22(19)26-21)25-16-10-12-24-20(14-16)18-6-2-4-8-23(18)27-24/h1-14,25-26H. The first-order valence-electron chi connectivity index (χ1n) is 9.04. The Morgan fingerprint density at radius 3 is 2.15 bits per heavy atom. The van der Waals surface area contributed by atoms with Gasteiger partial charge >= 0.3 is 0 Å². The molecule has 0 unspecified atom stereocenters. The number of anilines is 2. The lowest BCUT2D eigenvalue weighted by atomic mass is 10.1. The van der Waals surface area contributed by atoms with Crippen LogP contribution in [0.25, 0.3) is 43.7 Å². The fraction of sp³-hybridized carbons (Fsp3) is 0. The van der Waals surface area contributed by atoms with Gasteiger partial charge in [0.2, 0.25) is 0 Å². The molecule has 0 radical (unpaired) electrons. The summed E-state index contributed by atoms with van der Waals surface area (Å²) >= 11 is 0. The summed E-state index contributed by atoms with van der Waals surface area (Å²) < 4.78 is 5.92. The molecular formula is C24H16N2O. The molecule has 3 heteroatoms. The molecule has 128 valence electrons. The van der Waals surface area contributed by atoms with Crippen molar-refractivity contribution >= 4 is 55.1 Å². The third-order valence-electron chi connectivity index (χ3n) is 5.17. The van der Waals surface area contributed by atoms with Crippen molar-refractivity contribution in [3.63, 3.8) is 0 Å². The van der Waals surface area contributed by atoms with Crippen LogP contribution in [0.4, 0.5) is 11.4 Å². The summed E-state index contributed by atoms with van der Waals surface area (Å²) in [5, 5.41) is 8.28. The van der Waals surface area contributed by atoms with Crippen molar-refractivity contribution in [3.8, 4) is 0 Å². The normalized spacial score (nSPS) is 11.7. The van der Waals surface area contributed by atoms with Gasteiger partial charge in [0, 0.05) is 44.0 Å². The zero-order chi connectivity index (χ0) is 17.8. The van der Waals surface area contributed by atoms with Crippen molar-refractivity contribution < 1.29 is 4.42 Å². The van der Waals surface area contributed by atoms with Crippen LogP contribution in [0.2, 0.25) is 0 Å². The highest BCUT2D eigenvalue weighted by Crippen LogP contribution is 2.33. The summed E-state index contributed by atoms with van der Waals surface area (Å²) in [7, 11) is 0. The zero-order valence-corrected chi connectivity index (χ0v) is 14.5. The Morgan fingerprint density at radius 1 is 0.556 bits per heavy atom. The topological polar surface area (TPSA) is 41.0 Å². The molecule has 3 nitrogen and oxygen atoms in total. The van der Waals surface area contributed by atoms with Crippen molar-refractivity contribution in [2.45, 2.75) is 0 Å². The molecule has 0 atom stereocenters. The fourth-order valence-corrected chi connectivity index (χ4v) is 3.90. The van der Waals surface area contributed by atoms with Gasteiger partial charge in [0.1, 0.15) is 11.2 Å². The van der Waals surface area contributed by atoms with E-state index in [0.717, 1.165) is 44.3 Å². The predicted octanol–water partition coefficient (Wildman–Crippen LogP) is 6.96. The number of benzene rings is 4. The third-order valence-corrected chi connectivity index (χ3v) is 5.17. The highest BCUT2D eigenvalue weighted by molar-refractivity contribution is 6.09. The molecule has 6 rings (SSSR count). The van der Waals surface area contributed by atoms with Gasteiger partial charge in [-0.2, -0.15) is 0 Å². The van der Waals surface area contributed by atoms with Gasteiger partial charge in [-0.05, 0) is 48.5 Å². The summed E-state index contributed by atoms with van der Waals surface area (Å²) in [5.74, 6) is 0. The Labute approximate surface area is 155 Å². The van der Waals surface area contributed by atoms with E-state index in [4.69, 9.17) is 4.42 Å². The molecule has 6 aromatic rings. The first-order chi connectivity index (χ1) is 13.3. The van der Waals surface area contributed by atoms with Crippen LogP contribution in [0.3, 0.4) is 0 Å². The lowest BCUT2D eigenvalue weighted by molar-refractivity contribution is 0.669. The number of furan rings is 1. The minimum absolute atomic E-state index is 0.911. The number of aromatic amines is 1. The molecule has 0 bridgehead atoms. The monoisotopic (exact) mass is 348 g/mol. The van der Waals surface area contributed by atoms with E-state index in [-0.39, 0.29) is 0 Å². The second kappa shape index (κ2) is 5.39. The van der Waals surface area contributed by atoms with Gasteiger partial charge in [-0.15, -0.1) is 0 Å². The summed E-state index contributed by atoms with van der Waals surface area (Å²) in [6.45, 7) is 0. The maximum absolute atomic E-state index is 5.92. The van der Waals surface area contributed by atoms with Crippen LogP contribution in [0.15, 0.2) is 89.3 Å². The van der Waals surface area contributed by atoms with Gasteiger partial charge in [-0.25, -0.2) is 0 Å². The lowest BCUT2D eigenvalue weighted by Crippen LogP contribution is -1.89.